The summed E-state index contributed by atoms with van der Waals surface area (Å²) in [5, 5.41) is 3.95. The molecule has 2 aromatic rings. The van der Waals surface area contributed by atoms with Gasteiger partial charge in [-0.1, -0.05) is 23.7 Å². The quantitative estimate of drug-likeness (QED) is 0.899. The van der Waals surface area contributed by atoms with Crippen LogP contribution in [0, 0.1) is 6.92 Å². The Morgan fingerprint density at radius 2 is 2.11 bits per heavy atom. The van der Waals surface area contributed by atoms with Crippen LogP contribution in [-0.2, 0) is 0 Å². The Kier molecular flexibility index (Phi) is 4.63. The molecular weight excluding hydrogens is 260 g/mol. The molecule has 0 aliphatic rings. The Hall–Kier alpha value is -1.74. The molecule has 0 spiro atoms. The van der Waals surface area contributed by atoms with Crippen molar-refractivity contribution in [1.29, 1.82) is 0 Å². The summed E-state index contributed by atoms with van der Waals surface area (Å²) in [5.74, 6) is 0.712. The second-order valence-electron chi connectivity index (χ2n) is 4.43. The summed E-state index contributed by atoms with van der Waals surface area (Å²) in [7, 11) is 0. The van der Waals surface area contributed by atoms with Crippen LogP contribution < -0.4 is 10.1 Å². The number of ether oxygens (including phenoxy) is 1. The second-order valence-corrected chi connectivity index (χ2v) is 4.83. The Labute approximate surface area is 118 Å². The molecule has 1 aromatic heterocycles. The third-order valence-corrected chi connectivity index (χ3v) is 2.97. The first-order valence-electron chi connectivity index (χ1n) is 6.23. The van der Waals surface area contributed by atoms with Crippen molar-refractivity contribution < 1.29 is 4.74 Å². The molecule has 2 rings (SSSR count). The van der Waals surface area contributed by atoms with Gasteiger partial charge in [0.25, 0.3) is 0 Å². The van der Waals surface area contributed by atoms with Gasteiger partial charge in [-0.2, -0.15) is 0 Å². The average molecular weight is 277 g/mol. The van der Waals surface area contributed by atoms with E-state index < -0.39 is 0 Å². The fourth-order valence-corrected chi connectivity index (χ4v) is 1.90. The maximum atomic E-state index is 6.05. The van der Waals surface area contributed by atoms with Crippen molar-refractivity contribution in [3.8, 4) is 5.75 Å². The van der Waals surface area contributed by atoms with Gasteiger partial charge in [0.15, 0.2) is 0 Å². The standard InChI is InChI=1S/C15H17ClN2O/c1-11-9-13(7-8-17-11)18-10-12(2)19-15-6-4-3-5-14(15)16/h3-9,12H,10H2,1-2H3,(H,17,18). The van der Waals surface area contributed by atoms with Crippen LogP contribution in [0.25, 0.3) is 0 Å². The van der Waals surface area contributed by atoms with Gasteiger partial charge in [-0.15, -0.1) is 0 Å². The van der Waals surface area contributed by atoms with Gasteiger partial charge < -0.3 is 10.1 Å². The molecule has 0 saturated carbocycles. The predicted octanol–water partition coefficient (Wildman–Crippen LogP) is 3.92. The maximum absolute atomic E-state index is 6.05. The molecule has 1 N–H and O–H groups in total. The first kappa shape index (κ1) is 13.7. The number of pyridine rings is 1. The lowest BCUT2D eigenvalue weighted by molar-refractivity contribution is 0.235. The maximum Gasteiger partial charge on any atom is 0.138 e. The second kappa shape index (κ2) is 6.43. The third-order valence-electron chi connectivity index (χ3n) is 2.66. The van der Waals surface area contributed by atoms with E-state index in [-0.39, 0.29) is 6.10 Å². The summed E-state index contributed by atoms with van der Waals surface area (Å²) in [6, 6.07) is 11.4. The Morgan fingerprint density at radius 1 is 1.32 bits per heavy atom. The number of rotatable bonds is 5. The van der Waals surface area contributed by atoms with E-state index >= 15 is 0 Å². The summed E-state index contributed by atoms with van der Waals surface area (Å²) < 4.78 is 5.79. The van der Waals surface area contributed by atoms with E-state index in [1.54, 1.807) is 6.20 Å². The highest BCUT2D eigenvalue weighted by molar-refractivity contribution is 6.32. The highest BCUT2D eigenvalue weighted by atomic mass is 35.5. The topological polar surface area (TPSA) is 34.1 Å². The lowest BCUT2D eigenvalue weighted by Crippen LogP contribution is -2.22. The fourth-order valence-electron chi connectivity index (χ4n) is 1.72. The highest BCUT2D eigenvalue weighted by Crippen LogP contribution is 2.24. The van der Waals surface area contributed by atoms with Crippen LogP contribution in [0.1, 0.15) is 12.6 Å². The molecule has 0 saturated heterocycles. The number of para-hydroxylation sites is 1. The third kappa shape index (κ3) is 4.14. The van der Waals surface area contributed by atoms with Crippen molar-refractivity contribution in [3.05, 3.63) is 53.3 Å². The molecule has 3 nitrogen and oxygen atoms in total. The van der Waals surface area contributed by atoms with Crippen LogP contribution >= 0.6 is 11.6 Å². The molecule has 1 heterocycles. The van der Waals surface area contributed by atoms with E-state index in [1.807, 2.05) is 50.2 Å². The van der Waals surface area contributed by atoms with Crippen molar-refractivity contribution in [2.75, 3.05) is 11.9 Å². The molecule has 1 atom stereocenters. The van der Waals surface area contributed by atoms with Crippen LogP contribution in [0.3, 0.4) is 0 Å². The van der Waals surface area contributed by atoms with Gasteiger partial charge in [0.05, 0.1) is 11.6 Å². The lowest BCUT2D eigenvalue weighted by atomic mass is 10.3. The van der Waals surface area contributed by atoms with Crippen molar-refractivity contribution in [2.24, 2.45) is 0 Å². The van der Waals surface area contributed by atoms with Crippen LogP contribution in [0.4, 0.5) is 5.69 Å². The molecule has 1 unspecified atom stereocenters. The number of benzene rings is 1. The monoisotopic (exact) mass is 276 g/mol. The minimum Gasteiger partial charge on any atom is -0.487 e. The van der Waals surface area contributed by atoms with Crippen molar-refractivity contribution in [1.82, 2.24) is 4.98 Å². The lowest BCUT2D eigenvalue weighted by Gasteiger charge is -2.17. The molecule has 0 amide bonds. The van der Waals surface area contributed by atoms with Crippen LogP contribution in [0.15, 0.2) is 42.6 Å². The number of halogens is 1. The average Bonchev–Trinajstić information content (AvgIpc) is 2.39. The minimum atomic E-state index is 0.0216. The van der Waals surface area contributed by atoms with Crippen molar-refractivity contribution in [3.63, 3.8) is 0 Å². The van der Waals surface area contributed by atoms with Gasteiger partial charge >= 0.3 is 0 Å². The normalized spacial score (nSPS) is 11.9. The van der Waals surface area contributed by atoms with Gasteiger partial charge in [-0.3, -0.25) is 4.98 Å². The van der Waals surface area contributed by atoms with Gasteiger partial charge in [0.1, 0.15) is 11.9 Å². The van der Waals surface area contributed by atoms with Crippen molar-refractivity contribution in [2.45, 2.75) is 20.0 Å². The molecule has 0 aliphatic heterocycles. The van der Waals surface area contributed by atoms with E-state index in [0.717, 1.165) is 11.4 Å². The number of hydrogen-bond acceptors (Lipinski definition) is 3. The molecule has 0 aliphatic carbocycles. The van der Waals surface area contributed by atoms with Crippen LogP contribution in [0.2, 0.25) is 5.02 Å². The first-order valence-corrected chi connectivity index (χ1v) is 6.60. The first-order chi connectivity index (χ1) is 9.15. The molecule has 100 valence electrons. The molecule has 19 heavy (non-hydrogen) atoms. The van der Waals surface area contributed by atoms with Gasteiger partial charge in [-0.05, 0) is 38.1 Å². The van der Waals surface area contributed by atoms with E-state index in [1.165, 1.54) is 0 Å². The number of nitrogens with zero attached hydrogens (tertiary/aromatic N) is 1. The highest BCUT2D eigenvalue weighted by Gasteiger charge is 2.06. The zero-order valence-corrected chi connectivity index (χ0v) is 11.8. The summed E-state index contributed by atoms with van der Waals surface area (Å²) in [6.45, 7) is 4.67. The predicted molar refractivity (Wildman–Crippen MR) is 79.0 cm³/mol. The number of aryl methyl sites for hydroxylation is 1. The fraction of sp³-hybridized carbons (Fsp3) is 0.267. The SMILES string of the molecule is Cc1cc(NCC(C)Oc2ccccc2Cl)ccn1. The minimum absolute atomic E-state index is 0.0216. The molecule has 4 heteroatoms. The summed E-state index contributed by atoms with van der Waals surface area (Å²) >= 11 is 6.05. The zero-order chi connectivity index (χ0) is 13.7. The molecule has 0 radical (unpaired) electrons. The van der Waals surface area contributed by atoms with Crippen LogP contribution in [0.5, 0.6) is 5.75 Å². The largest absolute Gasteiger partial charge is 0.487 e. The van der Waals surface area contributed by atoms with Gasteiger partial charge in [-0.25, -0.2) is 0 Å². The summed E-state index contributed by atoms with van der Waals surface area (Å²) in [6.07, 6.45) is 1.81. The Balaban J connectivity index is 1.88. The van der Waals surface area contributed by atoms with Gasteiger partial charge in [0, 0.05) is 17.6 Å². The molecular formula is C15H17ClN2O. The van der Waals surface area contributed by atoms with E-state index in [4.69, 9.17) is 16.3 Å². The number of nitrogens with one attached hydrogen (secondary N) is 1. The van der Waals surface area contributed by atoms with E-state index in [2.05, 4.69) is 10.3 Å². The Morgan fingerprint density at radius 3 is 2.84 bits per heavy atom. The zero-order valence-electron chi connectivity index (χ0n) is 11.1. The Bertz CT molecular complexity index is 545. The number of aromatic nitrogens is 1. The van der Waals surface area contributed by atoms with E-state index in [0.29, 0.717) is 17.3 Å². The van der Waals surface area contributed by atoms with E-state index in [9.17, 15) is 0 Å². The summed E-state index contributed by atoms with van der Waals surface area (Å²) in [5.41, 5.74) is 2.03. The molecule has 1 aromatic carbocycles. The number of hydrogen-bond donors (Lipinski definition) is 1. The number of anilines is 1. The van der Waals surface area contributed by atoms with Crippen molar-refractivity contribution >= 4 is 17.3 Å². The van der Waals surface area contributed by atoms with Crippen LogP contribution in [-0.4, -0.2) is 17.6 Å². The smallest absolute Gasteiger partial charge is 0.138 e. The van der Waals surface area contributed by atoms with Gasteiger partial charge in [0.2, 0.25) is 0 Å². The molecule has 0 fully saturated rings. The molecule has 0 bridgehead atoms. The summed E-state index contributed by atoms with van der Waals surface area (Å²) in [4.78, 5) is 4.16.